The molecule has 0 radical (unpaired) electrons. The minimum absolute atomic E-state index is 0.00636. The van der Waals surface area contributed by atoms with Crippen molar-refractivity contribution >= 4 is 11.8 Å². The standard InChI is InChI=1S/C14H29N3O2/c1-5-17(10-12(16)18)13(19)7-6-11(8-9-15)14(2,3)4/h11H,5-10,15H2,1-4H3,(H2,16,18). The van der Waals surface area contributed by atoms with E-state index in [0.717, 1.165) is 12.8 Å². The van der Waals surface area contributed by atoms with E-state index < -0.39 is 5.91 Å². The summed E-state index contributed by atoms with van der Waals surface area (Å²) in [6, 6.07) is 0. The second kappa shape index (κ2) is 8.15. The van der Waals surface area contributed by atoms with Crippen LogP contribution < -0.4 is 11.5 Å². The van der Waals surface area contributed by atoms with Crippen molar-refractivity contribution in [1.82, 2.24) is 4.90 Å². The van der Waals surface area contributed by atoms with Gasteiger partial charge in [-0.05, 0) is 37.6 Å². The van der Waals surface area contributed by atoms with Gasteiger partial charge in [0.15, 0.2) is 0 Å². The zero-order valence-corrected chi connectivity index (χ0v) is 12.7. The first-order valence-corrected chi connectivity index (χ1v) is 6.98. The molecule has 4 N–H and O–H groups in total. The number of primary amides is 1. The summed E-state index contributed by atoms with van der Waals surface area (Å²) in [5.41, 5.74) is 10.9. The molecule has 0 rings (SSSR count). The number of likely N-dealkylation sites (N-methyl/N-ethyl adjacent to an activating group) is 1. The Morgan fingerprint density at radius 3 is 2.16 bits per heavy atom. The molecule has 0 aromatic rings. The van der Waals surface area contributed by atoms with E-state index in [1.807, 2.05) is 6.92 Å². The molecule has 112 valence electrons. The lowest BCUT2D eigenvalue weighted by Crippen LogP contribution is -2.38. The third-order valence-electron chi connectivity index (χ3n) is 3.53. The molecule has 1 unspecified atom stereocenters. The average Bonchev–Trinajstić information content (AvgIpc) is 2.29. The van der Waals surface area contributed by atoms with E-state index in [2.05, 4.69) is 20.8 Å². The quantitative estimate of drug-likeness (QED) is 0.693. The summed E-state index contributed by atoms with van der Waals surface area (Å²) < 4.78 is 0. The molecule has 0 fully saturated rings. The van der Waals surface area contributed by atoms with Crippen LogP contribution in [0.4, 0.5) is 0 Å². The zero-order chi connectivity index (χ0) is 15.1. The SMILES string of the molecule is CCN(CC(N)=O)C(=O)CCC(CCN)C(C)(C)C. The first kappa shape index (κ1) is 17.9. The molecular weight excluding hydrogens is 242 g/mol. The van der Waals surface area contributed by atoms with Gasteiger partial charge in [0, 0.05) is 13.0 Å². The number of nitrogens with two attached hydrogens (primary N) is 2. The van der Waals surface area contributed by atoms with Crippen LogP contribution in [-0.2, 0) is 9.59 Å². The maximum Gasteiger partial charge on any atom is 0.237 e. The van der Waals surface area contributed by atoms with Crippen LogP contribution in [-0.4, -0.2) is 36.3 Å². The van der Waals surface area contributed by atoms with E-state index in [1.54, 1.807) is 0 Å². The fourth-order valence-electron chi connectivity index (χ4n) is 2.23. The Morgan fingerprint density at radius 2 is 1.79 bits per heavy atom. The number of amides is 2. The molecule has 19 heavy (non-hydrogen) atoms. The van der Waals surface area contributed by atoms with E-state index in [1.165, 1.54) is 4.90 Å². The van der Waals surface area contributed by atoms with E-state index >= 15 is 0 Å². The molecule has 5 heteroatoms. The fraction of sp³-hybridized carbons (Fsp3) is 0.857. The second-order valence-corrected chi connectivity index (χ2v) is 6.05. The largest absolute Gasteiger partial charge is 0.368 e. The summed E-state index contributed by atoms with van der Waals surface area (Å²) in [4.78, 5) is 24.4. The van der Waals surface area contributed by atoms with Gasteiger partial charge < -0.3 is 16.4 Å². The van der Waals surface area contributed by atoms with Gasteiger partial charge in [0.05, 0.1) is 6.54 Å². The molecule has 0 aliphatic heterocycles. The van der Waals surface area contributed by atoms with Crippen LogP contribution in [0.2, 0.25) is 0 Å². The molecular formula is C14H29N3O2. The maximum atomic E-state index is 12.0. The Labute approximate surface area is 116 Å². The van der Waals surface area contributed by atoms with Gasteiger partial charge in [-0.15, -0.1) is 0 Å². The van der Waals surface area contributed by atoms with Crippen LogP contribution in [0.3, 0.4) is 0 Å². The Morgan fingerprint density at radius 1 is 1.21 bits per heavy atom. The number of rotatable bonds is 8. The van der Waals surface area contributed by atoms with Crippen molar-refractivity contribution in [3.63, 3.8) is 0 Å². The molecule has 1 atom stereocenters. The lowest BCUT2D eigenvalue weighted by Gasteiger charge is -2.31. The van der Waals surface area contributed by atoms with Gasteiger partial charge >= 0.3 is 0 Å². The van der Waals surface area contributed by atoms with Crippen LogP contribution in [0.15, 0.2) is 0 Å². The van der Waals surface area contributed by atoms with Gasteiger partial charge in [-0.3, -0.25) is 9.59 Å². The first-order chi connectivity index (χ1) is 8.72. The van der Waals surface area contributed by atoms with Crippen molar-refractivity contribution < 1.29 is 9.59 Å². The summed E-state index contributed by atoms with van der Waals surface area (Å²) in [5, 5.41) is 0. The summed E-state index contributed by atoms with van der Waals surface area (Å²) in [6.45, 7) is 9.50. The third-order valence-corrected chi connectivity index (χ3v) is 3.53. The fourth-order valence-corrected chi connectivity index (χ4v) is 2.23. The highest BCUT2D eigenvalue weighted by atomic mass is 16.2. The minimum Gasteiger partial charge on any atom is -0.368 e. The Bertz CT molecular complexity index is 298. The zero-order valence-electron chi connectivity index (χ0n) is 12.7. The lowest BCUT2D eigenvalue weighted by atomic mass is 9.76. The molecule has 0 aliphatic rings. The molecule has 0 aromatic carbocycles. The molecule has 0 heterocycles. The highest BCUT2D eigenvalue weighted by Gasteiger charge is 2.25. The molecule has 0 spiro atoms. The number of nitrogens with zero attached hydrogens (tertiary/aromatic N) is 1. The summed E-state index contributed by atoms with van der Waals surface area (Å²) in [6.07, 6.45) is 2.16. The van der Waals surface area contributed by atoms with Gasteiger partial charge in [0.2, 0.25) is 11.8 Å². The second-order valence-electron chi connectivity index (χ2n) is 6.05. The molecule has 0 saturated carbocycles. The number of carbonyl (C=O) groups excluding carboxylic acids is 2. The Balaban J connectivity index is 4.42. The van der Waals surface area contributed by atoms with E-state index in [-0.39, 0.29) is 17.9 Å². The van der Waals surface area contributed by atoms with Gasteiger partial charge in [0.1, 0.15) is 0 Å². The van der Waals surface area contributed by atoms with Crippen molar-refractivity contribution in [3.05, 3.63) is 0 Å². The normalized spacial score (nSPS) is 13.1. The van der Waals surface area contributed by atoms with E-state index in [0.29, 0.717) is 25.4 Å². The number of carbonyl (C=O) groups is 2. The highest BCUT2D eigenvalue weighted by Crippen LogP contribution is 2.32. The van der Waals surface area contributed by atoms with Crippen molar-refractivity contribution in [2.75, 3.05) is 19.6 Å². The molecule has 2 amide bonds. The summed E-state index contributed by atoms with van der Waals surface area (Å²) in [5.74, 6) is -0.0640. The minimum atomic E-state index is -0.468. The van der Waals surface area contributed by atoms with Crippen molar-refractivity contribution in [2.24, 2.45) is 22.8 Å². The van der Waals surface area contributed by atoms with Crippen molar-refractivity contribution in [2.45, 2.75) is 47.0 Å². The first-order valence-electron chi connectivity index (χ1n) is 6.98. The van der Waals surface area contributed by atoms with Gasteiger partial charge in [-0.2, -0.15) is 0 Å². The van der Waals surface area contributed by atoms with Gasteiger partial charge in [-0.1, -0.05) is 20.8 Å². The van der Waals surface area contributed by atoms with Gasteiger partial charge in [0.25, 0.3) is 0 Å². The van der Waals surface area contributed by atoms with Crippen molar-refractivity contribution in [1.29, 1.82) is 0 Å². The Kier molecular flexibility index (Phi) is 7.68. The highest BCUT2D eigenvalue weighted by molar-refractivity contribution is 5.83. The predicted octanol–water partition coefficient (Wildman–Crippen LogP) is 1.11. The van der Waals surface area contributed by atoms with E-state index in [4.69, 9.17) is 11.5 Å². The molecule has 5 nitrogen and oxygen atoms in total. The molecule has 0 bridgehead atoms. The lowest BCUT2D eigenvalue weighted by molar-refractivity contribution is -0.135. The molecule has 0 aromatic heterocycles. The third kappa shape index (κ3) is 7.15. The monoisotopic (exact) mass is 271 g/mol. The molecule has 0 aliphatic carbocycles. The van der Waals surface area contributed by atoms with Crippen LogP contribution in [0.5, 0.6) is 0 Å². The van der Waals surface area contributed by atoms with Crippen LogP contribution in [0, 0.1) is 11.3 Å². The van der Waals surface area contributed by atoms with Crippen LogP contribution >= 0.6 is 0 Å². The smallest absolute Gasteiger partial charge is 0.237 e. The maximum absolute atomic E-state index is 12.0. The summed E-state index contributed by atoms with van der Waals surface area (Å²) >= 11 is 0. The van der Waals surface area contributed by atoms with Crippen LogP contribution in [0.25, 0.3) is 0 Å². The van der Waals surface area contributed by atoms with Crippen LogP contribution in [0.1, 0.15) is 47.0 Å². The summed E-state index contributed by atoms with van der Waals surface area (Å²) in [7, 11) is 0. The predicted molar refractivity (Wildman–Crippen MR) is 77.3 cm³/mol. The van der Waals surface area contributed by atoms with E-state index in [9.17, 15) is 9.59 Å². The van der Waals surface area contributed by atoms with Gasteiger partial charge in [-0.25, -0.2) is 0 Å². The topological polar surface area (TPSA) is 89.4 Å². The van der Waals surface area contributed by atoms with Crippen molar-refractivity contribution in [3.8, 4) is 0 Å². The molecule has 0 saturated heterocycles. The number of hydrogen-bond acceptors (Lipinski definition) is 3. The number of hydrogen-bond donors (Lipinski definition) is 2. The average molecular weight is 271 g/mol. The Hall–Kier alpha value is -1.10.